The number of aromatic nitrogens is 2. The molecule has 2 saturated heterocycles. The maximum absolute atomic E-state index is 13.5. The monoisotopic (exact) mass is 437 g/mol. The maximum Gasteiger partial charge on any atom is 0.270 e. The van der Waals surface area contributed by atoms with Gasteiger partial charge in [-0.25, -0.2) is 9.37 Å². The third-order valence-electron chi connectivity index (χ3n) is 6.59. The minimum absolute atomic E-state index is 0.107. The standard InChI is InChI=1S/C23H21ClFN5O/c1-13-7-16(25)3-4-18(13)29-9-14-11-30(12-15(14)10-29)22-17(8-26)23(31)28(2)19-5-6-20(24)27-21(19)22/h3-7,14-15H,9-12H2,1-2H3/t14-,15-/m1/s1. The fraction of sp³-hybridized carbons (Fsp3) is 0.348. The van der Waals surface area contributed by atoms with Crippen LogP contribution in [0.1, 0.15) is 11.1 Å². The number of fused-ring (bicyclic) bond motifs is 2. The van der Waals surface area contributed by atoms with Crippen LogP contribution in [-0.2, 0) is 7.05 Å². The molecule has 0 saturated carbocycles. The summed E-state index contributed by atoms with van der Waals surface area (Å²) in [5.74, 6) is 0.545. The average molecular weight is 438 g/mol. The molecule has 4 heterocycles. The summed E-state index contributed by atoms with van der Waals surface area (Å²) in [6.45, 7) is 5.09. The van der Waals surface area contributed by atoms with Gasteiger partial charge in [-0.05, 0) is 42.8 Å². The fourth-order valence-corrected chi connectivity index (χ4v) is 5.27. The Hall–Kier alpha value is -3.11. The summed E-state index contributed by atoms with van der Waals surface area (Å²) in [6, 6.07) is 10.4. The number of hydrogen-bond acceptors (Lipinski definition) is 5. The first-order valence-electron chi connectivity index (χ1n) is 10.2. The van der Waals surface area contributed by atoms with Gasteiger partial charge in [0.2, 0.25) is 0 Å². The Morgan fingerprint density at radius 3 is 2.45 bits per heavy atom. The van der Waals surface area contributed by atoms with Crippen molar-refractivity contribution in [2.45, 2.75) is 6.92 Å². The highest BCUT2D eigenvalue weighted by Crippen LogP contribution is 2.39. The number of nitriles is 1. The van der Waals surface area contributed by atoms with Crippen LogP contribution in [-0.4, -0.2) is 35.7 Å². The molecule has 6 nitrogen and oxygen atoms in total. The van der Waals surface area contributed by atoms with Crippen LogP contribution in [0.2, 0.25) is 5.15 Å². The number of hydrogen-bond donors (Lipinski definition) is 0. The normalized spacial score (nSPS) is 20.4. The number of benzene rings is 1. The summed E-state index contributed by atoms with van der Waals surface area (Å²) in [4.78, 5) is 21.7. The molecule has 8 heteroatoms. The van der Waals surface area contributed by atoms with E-state index in [1.165, 1.54) is 10.6 Å². The van der Waals surface area contributed by atoms with Gasteiger partial charge in [0, 0.05) is 50.7 Å². The molecule has 0 amide bonds. The van der Waals surface area contributed by atoms with Crippen LogP contribution in [0.15, 0.2) is 35.1 Å². The molecule has 31 heavy (non-hydrogen) atoms. The fourth-order valence-electron chi connectivity index (χ4n) is 5.12. The Balaban J connectivity index is 1.50. The first kappa shape index (κ1) is 19.8. The Bertz CT molecular complexity index is 1300. The Morgan fingerprint density at radius 1 is 1.13 bits per heavy atom. The minimum atomic E-state index is -0.324. The Morgan fingerprint density at radius 2 is 1.81 bits per heavy atom. The van der Waals surface area contributed by atoms with E-state index in [0.717, 1.165) is 37.4 Å². The van der Waals surface area contributed by atoms with Gasteiger partial charge in [-0.1, -0.05) is 11.6 Å². The number of aryl methyl sites for hydroxylation is 2. The van der Waals surface area contributed by atoms with E-state index in [9.17, 15) is 14.4 Å². The zero-order valence-corrected chi connectivity index (χ0v) is 18.0. The van der Waals surface area contributed by atoms with Crippen molar-refractivity contribution in [1.29, 1.82) is 5.26 Å². The molecule has 0 bridgehead atoms. The quantitative estimate of drug-likeness (QED) is 0.574. The molecule has 2 aromatic heterocycles. The lowest BCUT2D eigenvalue weighted by Gasteiger charge is -2.26. The van der Waals surface area contributed by atoms with Gasteiger partial charge >= 0.3 is 0 Å². The third-order valence-corrected chi connectivity index (χ3v) is 6.81. The molecule has 158 valence electrons. The summed E-state index contributed by atoms with van der Waals surface area (Å²) in [5.41, 5.74) is 3.60. The predicted octanol–water partition coefficient (Wildman–Crippen LogP) is 3.48. The highest BCUT2D eigenvalue weighted by molar-refractivity contribution is 6.29. The summed E-state index contributed by atoms with van der Waals surface area (Å²) in [6.07, 6.45) is 0. The number of nitrogens with zero attached hydrogens (tertiary/aromatic N) is 5. The lowest BCUT2D eigenvalue weighted by atomic mass is 10.0. The topological polar surface area (TPSA) is 65.2 Å². The molecular weight excluding hydrogens is 417 g/mol. The maximum atomic E-state index is 13.5. The Labute approximate surface area is 184 Å². The molecular formula is C23H21ClFN5O. The highest BCUT2D eigenvalue weighted by Gasteiger charge is 2.42. The van der Waals surface area contributed by atoms with Crippen LogP contribution in [0, 0.1) is 35.9 Å². The first-order valence-corrected chi connectivity index (χ1v) is 10.6. The van der Waals surface area contributed by atoms with E-state index >= 15 is 0 Å². The van der Waals surface area contributed by atoms with Gasteiger partial charge in [-0.2, -0.15) is 5.26 Å². The smallest absolute Gasteiger partial charge is 0.270 e. The molecule has 5 rings (SSSR count). The second-order valence-corrected chi connectivity index (χ2v) is 8.85. The predicted molar refractivity (Wildman–Crippen MR) is 119 cm³/mol. The van der Waals surface area contributed by atoms with Gasteiger partial charge in [-0.3, -0.25) is 4.79 Å². The lowest BCUT2D eigenvalue weighted by Crippen LogP contribution is -2.32. The van der Waals surface area contributed by atoms with Gasteiger partial charge in [0.05, 0.1) is 11.2 Å². The van der Waals surface area contributed by atoms with Gasteiger partial charge in [0.1, 0.15) is 28.1 Å². The zero-order chi connectivity index (χ0) is 21.9. The van der Waals surface area contributed by atoms with E-state index < -0.39 is 0 Å². The summed E-state index contributed by atoms with van der Waals surface area (Å²) >= 11 is 6.16. The largest absolute Gasteiger partial charge is 0.371 e. The molecule has 0 aliphatic carbocycles. The van der Waals surface area contributed by atoms with Crippen molar-refractivity contribution >= 4 is 34.0 Å². The van der Waals surface area contributed by atoms with E-state index in [0.29, 0.717) is 33.7 Å². The molecule has 2 atom stereocenters. The lowest BCUT2D eigenvalue weighted by molar-refractivity contribution is 0.533. The number of halogens is 2. The van der Waals surface area contributed by atoms with Crippen molar-refractivity contribution in [3.8, 4) is 6.07 Å². The van der Waals surface area contributed by atoms with Gasteiger partial charge in [0.15, 0.2) is 0 Å². The van der Waals surface area contributed by atoms with Crippen LogP contribution in [0.3, 0.4) is 0 Å². The van der Waals surface area contributed by atoms with Crippen LogP contribution < -0.4 is 15.4 Å². The average Bonchev–Trinajstić information content (AvgIpc) is 3.29. The number of rotatable bonds is 2. The van der Waals surface area contributed by atoms with Crippen molar-refractivity contribution in [3.63, 3.8) is 0 Å². The van der Waals surface area contributed by atoms with Gasteiger partial charge in [0.25, 0.3) is 5.56 Å². The molecule has 0 spiro atoms. The van der Waals surface area contributed by atoms with Crippen molar-refractivity contribution in [3.05, 3.63) is 62.8 Å². The van der Waals surface area contributed by atoms with E-state index in [-0.39, 0.29) is 16.9 Å². The third kappa shape index (κ3) is 3.14. The van der Waals surface area contributed by atoms with E-state index in [1.807, 2.05) is 13.0 Å². The molecule has 2 fully saturated rings. The van der Waals surface area contributed by atoms with Crippen molar-refractivity contribution in [2.75, 3.05) is 36.0 Å². The number of pyridine rings is 2. The summed E-state index contributed by atoms with van der Waals surface area (Å²) in [5, 5.41) is 10.1. The van der Waals surface area contributed by atoms with E-state index in [4.69, 9.17) is 11.6 Å². The zero-order valence-electron chi connectivity index (χ0n) is 17.3. The van der Waals surface area contributed by atoms with Crippen molar-refractivity contribution in [2.24, 2.45) is 18.9 Å². The summed E-state index contributed by atoms with van der Waals surface area (Å²) < 4.78 is 15.0. The first-order chi connectivity index (χ1) is 14.9. The minimum Gasteiger partial charge on any atom is -0.371 e. The molecule has 0 unspecified atom stereocenters. The number of anilines is 2. The van der Waals surface area contributed by atoms with Gasteiger partial charge < -0.3 is 14.4 Å². The van der Waals surface area contributed by atoms with Gasteiger partial charge in [-0.15, -0.1) is 0 Å². The van der Waals surface area contributed by atoms with Crippen LogP contribution in [0.5, 0.6) is 0 Å². The van der Waals surface area contributed by atoms with Crippen LogP contribution in [0.4, 0.5) is 15.8 Å². The van der Waals surface area contributed by atoms with E-state index in [1.54, 1.807) is 25.2 Å². The second-order valence-electron chi connectivity index (χ2n) is 8.46. The Kier molecular flexibility index (Phi) is 4.63. The summed E-state index contributed by atoms with van der Waals surface area (Å²) in [7, 11) is 1.65. The molecule has 2 aliphatic rings. The van der Waals surface area contributed by atoms with Crippen molar-refractivity contribution in [1.82, 2.24) is 9.55 Å². The molecule has 0 N–H and O–H groups in total. The van der Waals surface area contributed by atoms with E-state index in [2.05, 4.69) is 20.9 Å². The van der Waals surface area contributed by atoms with Crippen LogP contribution >= 0.6 is 11.6 Å². The molecule has 0 radical (unpaired) electrons. The van der Waals surface area contributed by atoms with Crippen LogP contribution in [0.25, 0.3) is 11.0 Å². The molecule has 3 aromatic rings. The molecule has 2 aliphatic heterocycles. The molecule has 1 aromatic carbocycles. The van der Waals surface area contributed by atoms with Crippen molar-refractivity contribution < 1.29 is 4.39 Å². The SMILES string of the molecule is Cc1cc(F)ccc1N1C[C@@H]2CN(c3c(C#N)c(=O)n(C)c4ccc(Cl)nc34)C[C@H]2C1. The second kappa shape index (κ2) is 7.24. The highest BCUT2D eigenvalue weighted by atomic mass is 35.5.